The van der Waals surface area contributed by atoms with Crippen LogP contribution in [0.5, 0.6) is 0 Å². The van der Waals surface area contributed by atoms with Gasteiger partial charge in [-0.15, -0.1) is 11.8 Å². The molecule has 0 aliphatic carbocycles. The molecule has 0 spiro atoms. The van der Waals surface area contributed by atoms with E-state index in [1.165, 1.54) is 19.3 Å². The summed E-state index contributed by atoms with van der Waals surface area (Å²) in [7, 11) is 0. The van der Waals surface area contributed by atoms with Gasteiger partial charge < -0.3 is 10.1 Å². The van der Waals surface area contributed by atoms with E-state index in [0.29, 0.717) is 10.4 Å². The van der Waals surface area contributed by atoms with Crippen molar-refractivity contribution in [2.45, 2.75) is 11.8 Å². The smallest absolute Gasteiger partial charge is 0.307 e. The maximum absolute atomic E-state index is 11.6. The van der Waals surface area contributed by atoms with Crippen molar-refractivity contribution in [1.29, 1.82) is 0 Å². The summed E-state index contributed by atoms with van der Waals surface area (Å²) < 4.78 is 0. The van der Waals surface area contributed by atoms with E-state index in [4.69, 9.17) is 5.11 Å². The minimum Gasteiger partial charge on any atom is -0.481 e. The molecule has 2 N–H and O–H groups in total. The summed E-state index contributed by atoms with van der Waals surface area (Å²) in [5.74, 6) is -1.43. The highest BCUT2D eigenvalue weighted by molar-refractivity contribution is 7.99. The third-order valence-electron chi connectivity index (χ3n) is 2.83. The van der Waals surface area contributed by atoms with Gasteiger partial charge in [-0.3, -0.25) is 19.7 Å². The molecule has 0 aliphatic heterocycles. The first-order valence-electron chi connectivity index (χ1n) is 5.91. The second-order valence-corrected chi connectivity index (χ2v) is 5.44. The quantitative estimate of drug-likeness (QED) is 0.488. The van der Waals surface area contributed by atoms with Gasteiger partial charge in [-0.2, -0.15) is 0 Å². The number of thioether (sulfide) groups is 1. The van der Waals surface area contributed by atoms with Crippen LogP contribution < -0.4 is 5.56 Å². The van der Waals surface area contributed by atoms with Gasteiger partial charge in [0, 0.05) is 11.8 Å². The number of aliphatic carboxylic acids is 1. The molecule has 0 saturated heterocycles. The minimum atomic E-state index is -0.972. The van der Waals surface area contributed by atoms with Crippen LogP contribution in [0.3, 0.4) is 0 Å². The maximum Gasteiger partial charge on any atom is 0.307 e. The first-order valence-corrected chi connectivity index (χ1v) is 6.90. The average Bonchev–Trinajstić information content (AvgIpc) is 2.43. The number of carbonyl (C=O) groups is 1. The molecule has 1 aromatic carbocycles. The Kier molecular flexibility index (Phi) is 4.22. The molecule has 0 bridgehead atoms. The van der Waals surface area contributed by atoms with Crippen LogP contribution in [0.4, 0.5) is 5.69 Å². The van der Waals surface area contributed by atoms with Crippen molar-refractivity contribution in [2.75, 3.05) is 5.75 Å². The van der Waals surface area contributed by atoms with Crippen molar-refractivity contribution >= 4 is 34.3 Å². The van der Waals surface area contributed by atoms with Crippen LogP contribution in [0.2, 0.25) is 0 Å². The lowest BCUT2D eigenvalue weighted by Gasteiger charge is -2.07. The number of nitro benzene ring substituents is 1. The lowest BCUT2D eigenvalue weighted by atomic mass is 10.2. The van der Waals surface area contributed by atoms with Gasteiger partial charge in [0.2, 0.25) is 0 Å². The van der Waals surface area contributed by atoms with Crippen molar-refractivity contribution in [3.63, 3.8) is 0 Å². The number of H-pyrrole nitrogens is 1. The van der Waals surface area contributed by atoms with Gasteiger partial charge in [-0.25, -0.2) is 4.98 Å². The Morgan fingerprint density at radius 2 is 2.29 bits per heavy atom. The number of benzene rings is 1. The topological polar surface area (TPSA) is 126 Å². The first kappa shape index (κ1) is 15.0. The molecule has 2 aromatic rings. The highest BCUT2D eigenvalue weighted by atomic mass is 32.2. The minimum absolute atomic E-state index is 0.125. The second kappa shape index (κ2) is 5.92. The van der Waals surface area contributed by atoms with Crippen molar-refractivity contribution in [3.05, 3.63) is 38.9 Å². The number of nitrogens with zero attached hydrogens (tertiary/aromatic N) is 2. The maximum atomic E-state index is 11.6. The van der Waals surface area contributed by atoms with Crippen molar-refractivity contribution < 1.29 is 14.8 Å². The van der Waals surface area contributed by atoms with E-state index in [0.717, 1.165) is 17.8 Å². The molecule has 2 rings (SSSR count). The predicted molar refractivity (Wildman–Crippen MR) is 76.5 cm³/mol. The van der Waals surface area contributed by atoms with Crippen molar-refractivity contribution in [1.82, 2.24) is 9.97 Å². The third kappa shape index (κ3) is 3.19. The number of nitro groups is 1. The molecule has 0 radical (unpaired) electrons. The van der Waals surface area contributed by atoms with Gasteiger partial charge in [0.1, 0.15) is 0 Å². The predicted octanol–water partition coefficient (Wildman–Crippen LogP) is 1.64. The third-order valence-corrected chi connectivity index (χ3v) is 4.13. The van der Waals surface area contributed by atoms with E-state index >= 15 is 0 Å². The molecule has 1 unspecified atom stereocenters. The molecule has 0 aliphatic rings. The number of hydrogen-bond acceptors (Lipinski definition) is 6. The number of fused-ring (bicyclic) bond motifs is 1. The lowest BCUT2D eigenvalue weighted by molar-refractivity contribution is -0.387. The van der Waals surface area contributed by atoms with Crippen LogP contribution in [0.25, 0.3) is 10.9 Å². The van der Waals surface area contributed by atoms with Gasteiger partial charge in [0.25, 0.3) is 11.2 Å². The fraction of sp³-hybridized carbons (Fsp3) is 0.250. The summed E-state index contributed by atoms with van der Waals surface area (Å²) in [6.07, 6.45) is 1.21. The number of carboxylic acid groups (broad SMARTS) is 1. The van der Waals surface area contributed by atoms with E-state index in [1.54, 1.807) is 0 Å². The fourth-order valence-electron chi connectivity index (χ4n) is 1.63. The zero-order valence-electron chi connectivity index (χ0n) is 10.9. The van der Waals surface area contributed by atoms with E-state index in [1.807, 2.05) is 0 Å². The normalized spacial score (nSPS) is 12.2. The van der Waals surface area contributed by atoms with Crippen LogP contribution in [-0.2, 0) is 4.79 Å². The monoisotopic (exact) mass is 309 g/mol. The van der Waals surface area contributed by atoms with Crippen LogP contribution in [0.15, 0.2) is 28.2 Å². The molecular weight excluding hydrogens is 298 g/mol. The SMILES string of the molecule is CC(CSc1cc2nc[nH]c(=O)c2cc1[N+](=O)[O-])C(=O)O. The number of hydrogen-bond donors (Lipinski definition) is 2. The summed E-state index contributed by atoms with van der Waals surface area (Å²) in [5.41, 5.74) is -0.364. The number of aromatic nitrogens is 2. The molecule has 1 atom stereocenters. The first-order chi connectivity index (χ1) is 9.90. The Bertz CT molecular complexity index is 773. The molecule has 0 fully saturated rings. The van der Waals surface area contributed by atoms with Crippen LogP contribution in [0, 0.1) is 16.0 Å². The Morgan fingerprint density at radius 3 is 2.90 bits per heavy atom. The Hall–Kier alpha value is -2.42. The molecule has 0 saturated carbocycles. The Labute approximate surface area is 122 Å². The fourth-order valence-corrected chi connectivity index (χ4v) is 2.68. The number of carboxylic acids is 1. The zero-order valence-corrected chi connectivity index (χ0v) is 11.7. The largest absolute Gasteiger partial charge is 0.481 e. The summed E-state index contributed by atoms with van der Waals surface area (Å²) in [6, 6.07) is 2.59. The van der Waals surface area contributed by atoms with Crippen molar-refractivity contribution in [3.8, 4) is 0 Å². The number of aromatic amines is 1. The standard InChI is InChI=1S/C12H11N3O5S/c1-6(12(17)18)4-21-10-3-8-7(2-9(10)15(19)20)11(16)14-5-13-8/h2-3,5-6H,4H2,1H3,(H,17,18)(H,13,14,16). The lowest BCUT2D eigenvalue weighted by Crippen LogP contribution is -2.12. The Morgan fingerprint density at radius 1 is 1.57 bits per heavy atom. The Balaban J connectivity index is 2.46. The average molecular weight is 309 g/mol. The molecule has 9 heteroatoms. The van der Waals surface area contributed by atoms with Gasteiger partial charge >= 0.3 is 5.97 Å². The summed E-state index contributed by atoms with van der Waals surface area (Å²) in [6.45, 7) is 1.52. The molecular formula is C12H11N3O5S. The second-order valence-electron chi connectivity index (χ2n) is 4.38. The molecule has 0 amide bonds. The van der Waals surface area contributed by atoms with E-state index in [9.17, 15) is 19.7 Å². The summed E-state index contributed by atoms with van der Waals surface area (Å²) in [4.78, 5) is 39.5. The van der Waals surface area contributed by atoms with E-state index in [2.05, 4.69) is 9.97 Å². The van der Waals surface area contributed by atoms with Gasteiger partial charge in [0.15, 0.2) is 0 Å². The summed E-state index contributed by atoms with van der Waals surface area (Å²) in [5, 5.41) is 20.1. The van der Waals surface area contributed by atoms with E-state index in [-0.39, 0.29) is 16.8 Å². The highest BCUT2D eigenvalue weighted by Crippen LogP contribution is 2.32. The van der Waals surface area contributed by atoms with Gasteiger partial charge in [0.05, 0.1) is 33.0 Å². The molecule has 110 valence electrons. The van der Waals surface area contributed by atoms with Gasteiger partial charge in [-0.1, -0.05) is 6.92 Å². The van der Waals surface area contributed by atoms with Crippen LogP contribution >= 0.6 is 11.8 Å². The van der Waals surface area contributed by atoms with Crippen LogP contribution in [0.1, 0.15) is 6.92 Å². The van der Waals surface area contributed by atoms with E-state index < -0.39 is 22.4 Å². The number of rotatable bonds is 5. The molecule has 21 heavy (non-hydrogen) atoms. The summed E-state index contributed by atoms with van der Waals surface area (Å²) >= 11 is 1.06. The highest BCUT2D eigenvalue weighted by Gasteiger charge is 2.20. The van der Waals surface area contributed by atoms with Crippen molar-refractivity contribution in [2.24, 2.45) is 5.92 Å². The number of nitrogens with one attached hydrogen (secondary N) is 1. The zero-order chi connectivity index (χ0) is 15.6. The van der Waals surface area contributed by atoms with Gasteiger partial charge in [-0.05, 0) is 6.07 Å². The van der Waals surface area contributed by atoms with Crippen LogP contribution in [-0.4, -0.2) is 31.7 Å². The molecule has 1 heterocycles. The molecule has 1 aromatic heterocycles. The molecule has 8 nitrogen and oxygen atoms in total.